The Kier molecular flexibility index (Phi) is 4.66. The predicted octanol–water partition coefficient (Wildman–Crippen LogP) is 2.09. The lowest BCUT2D eigenvalue weighted by Crippen LogP contribution is -2.29. The molecule has 8 heteroatoms. The third-order valence-electron chi connectivity index (χ3n) is 4.37. The Balaban J connectivity index is 1.85. The molecule has 2 atom stereocenters. The van der Waals surface area contributed by atoms with Gasteiger partial charge in [-0.25, -0.2) is 8.42 Å². The fourth-order valence-corrected chi connectivity index (χ4v) is 5.03. The van der Waals surface area contributed by atoms with E-state index in [1.54, 1.807) is 0 Å². The molecule has 0 unspecified atom stereocenters. The Bertz CT molecular complexity index is 904. The molecule has 0 radical (unpaired) electrons. The number of nitrogens with zero attached hydrogens (tertiary/aromatic N) is 1. The SMILES string of the molecule is CS(=O)(=O)c1csc(C(=O)N2C[C@H](C(=O)O)[C@H](c3ccccc3)C2)c1. The maximum absolute atomic E-state index is 12.7. The van der Waals surface area contributed by atoms with Gasteiger partial charge in [0.25, 0.3) is 5.91 Å². The highest BCUT2D eigenvalue weighted by Crippen LogP contribution is 2.34. The fourth-order valence-electron chi connectivity index (χ4n) is 3.04. The van der Waals surface area contributed by atoms with Gasteiger partial charge < -0.3 is 10.0 Å². The lowest BCUT2D eigenvalue weighted by molar-refractivity contribution is -0.141. The average Bonchev–Trinajstić information content (AvgIpc) is 3.22. The summed E-state index contributed by atoms with van der Waals surface area (Å²) in [5.74, 6) is -2.23. The van der Waals surface area contributed by atoms with E-state index in [0.717, 1.165) is 23.2 Å². The smallest absolute Gasteiger partial charge is 0.308 e. The predicted molar refractivity (Wildman–Crippen MR) is 93.6 cm³/mol. The highest BCUT2D eigenvalue weighted by atomic mass is 32.2. The standard InChI is InChI=1S/C17H17NO5S2/c1-25(22,23)12-7-15(24-10-12)16(19)18-8-13(14(9-18)17(20)21)11-5-3-2-4-6-11/h2-7,10,13-14H,8-9H2,1H3,(H,20,21)/t13-,14-/m0/s1. The van der Waals surface area contributed by atoms with Crippen LogP contribution in [0.1, 0.15) is 21.2 Å². The number of carbonyl (C=O) groups is 2. The van der Waals surface area contributed by atoms with Crippen LogP contribution in [0.15, 0.2) is 46.7 Å². The van der Waals surface area contributed by atoms with Crippen LogP contribution in [0.25, 0.3) is 0 Å². The monoisotopic (exact) mass is 379 g/mol. The zero-order valence-electron chi connectivity index (χ0n) is 13.5. The fraction of sp³-hybridized carbons (Fsp3) is 0.294. The molecule has 25 heavy (non-hydrogen) atoms. The number of amides is 1. The minimum absolute atomic E-state index is 0.106. The lowest BCUT2D eigenvalue weighted by Gasteiger charge is -2.15. The second-order valence-electron chi connectivity index (χ2n) is 6.09. The molecule has 1 fully saturated rings. The van der Waals surface area contributed by atoms with E-state index in [1.807, 2.05) is 30.3 Å². The van der Waals surface area contributed by atoms with Crippen molar-refractivity contribution >= 4 is 33.1 Å². The average molecular weight is 379 g/mol. The Morgan fingerprint density at radius 1 is 1.20 bits per heavy atom. The van der Waals surface area contributed by atoms with Crippen molar-refractivity contribution in [1.29, 1.82) is 0 Å². The van der Waals surface area contributed by atoms with Crippen LogP contribution in [0.4, 0.5) is 0 Å². The number of thiophene rings is 1. The van der Waals surface area contributed by atoms with E-state index in [4.69, 9.17) is 0 Å². The molecular weight excluding hydrogens is 362 g/mol. The summed E-state index contributed by atoms with van der Waals surface area (Å²) in [7, 11) is -3.37. The van der Waals surface area contributed by atoms with Crippen LogP contribution in [-0.2, 0) is 14.6 Å². The summed E-state index contributed by atoms with van der Waals surface area (Å²) in [6.45, 7) is 0.408. The van der Waals surface area contributed by atoms with Crippen LogP contribution in [0, 0.1) is 5.92 Å². The summed E-state index contributed by atoms with van der Waals surface area (Å²) in [5, 5.41) is 10.9. The first-order valence-electron chi connectivity index (χ1n) is 7.63. The van der Waals surface area contributed by atoms with E-state index in [2.05, 4.69) is 0 Å². The van der Waals surface area contributed by atoms with Gasteiger partial charge in [-0.1, -0.05) is 30.3 Å². The van der Waals surface area contributed by atoms with Crippen LogP contribution in [0.3, 0.4) is 0 Å². The maximum Gasteiger partial charge on any atom is 0.308 e. The Hall–Kier alpha value is -2.19. The van der Waals surface area contributed by atoms with Crippen LogP contribution in [0.2, 0.25) is 0 Å². The molecule has 1 saturated heterocycles. The van der Waals surface area contributed by atoms with E-state index in [-0.39, 0.29) is 23.3 Å². The molecule has 0 bridgehead atoms. The van der Waals surface area contributed by atoms with E-state index in [9.17, 15) is 23.1 Å². The Morgan fingerprint density at radius 3 is 2.44 bits per heavy atom. The van der Waals surface area contributed by atoms with Gasteiger partial charge in [-0.15, -0.1) is 11.3 Å². The molecule has 1 aromatic carbocycles. The minimum Gasteiger partial charge on any atom is -0.481 e. The molecule has 0 saturated carbocycles. The highest BCUT2D eigenvalue weighted by Gasteiger charge is 2.40. The molecule has 2 aromatic rings. The number of sulfone groups is 1. The van der Waals surface area contributed by atoms with Gasteiger partial charge in [0, 0.05) is 30.6 Å². The van der Waals surface area contributed by atoms with Crippen molar-refractivity contribution in [2.45, 2.75) is 10.8 Å². The van der Waals surface area contributed by atoms with Crippen LogP contribution in [-0.4, -0.2) is 49.6 Å². The number of carboxylic acids is 1. The lowest BCUT2D eigenvalue weighted by atomic mass is 9.89. The molecule has 1 aliphatic heterocycles. The first kappa shape index (κ1) is 17.6. The summed E-state index contributed by atoms with van der Waals surface area (Å²) in [5.41, 5.74) is 0.883. The number of aliphatic carboxylic acids is 1. The van der Waals surface area contributed by atoms with Gasteiger partial charge in [-0.2, -0.15) is 0 Å². The van der Waals surface area contributed by atoms with Crippen molar-refractivity contribution in [1.82, 2.24) is 4.90 Å². The number of carbonyl (C=O) groups excluding carboxylic acids is 1. The summed E-state index contributed by atoms with van der Waals surface area (Å²) in [6.07, 6.45) is 1.09. The molecule has 1 aromatic heterocycles. The van der Waals surface area contributed by atoms with Crippen LogP contribution >= 0.6 is 11.3 Å². The molecule has 1 aliphatic rings. The van der Waals surface area contributed by atoms with E-state index in [0.29, 0.717) is 11.4 Å². The molecular formula is C17H17NO5S2. The van der Waals surface area contributed by atoms with Crippen molar-refractivity contribution in [3.63, 3.8) is 0 Å². The van der Waals surface area contributed by atoms with Crippen molar-refractivity contribution < 1.29 is 23.1 Å². The second kappa shape index (κ2) is 6.61. The van der Waals surface area contributed by atoms with Crippen molar-refractivity contribution in [2.24, 2.45) is 5.92 Å². The van der Waals surface area contributed by atoms with Gasteiger partial charge >= 0.3 is 5.97 Å². The first-order valence-corrected chi connectivity index (χ1v) is 10.4. The molecule has 132 valence electrons. The van der Waals surface area contributed by atoms with Crippen molar-refractivity contribution in [2.75, 3.05) is 19.3 Å². The van der Waals surface area contributed by atoms with Gasteiger partial charge in [-0.05, 0) is 11.6 Å². The minimum atomic E-state index is -3.37. The number of carboxylic acid groups (broad SMARTS) is 1. The highest BCUT2D eigenvalue weighted by molar-refractivity contribution is 7.90. The summed E-state index contributed by atoms with van der Waals surface area (Å²) >= 11 is 1.06. The maximum atomic E-state index is 12.7. The Labute approximate surface area is 149 Å². The zero-order chi connectivity index (χ0) is 18.2. The van der Waals surface area contributed by atoms with Gasteiger partial charge in [0.2, 0.25) is 0 Å². The number of hydrogen-bond acceptors (Lipinski definition) is 5. The summed E-state index contributed by atoms with van der Waals surface area (Å²) in [4.78, 5) is 26.2. The number of likely N-dealkylation sites (tertiary alicyclic amines) is 1. The molecule has 6 nitrogen and oxygen atoms in total. The van der Waals surface area contributed by atoms with Crippen LogP contribution < -0.4 is 0 Å². The number of benzene rings is 1. The topological polar surface area (TPSA) is 91.8 Å². The first-order chi connectivity index (χ1) is 11.8. The largest absolute Gasteiger partial charge is 0.481 e. The molecule has 0 spiro atoms. The van der Waals surface area contributed by atoms with Gasteiger partial charge in [-0.3, -0.25) is 9.59 Å². The van der Waals surface area contributed by atoms with Gasteiger partial charge in [0.15, 0.2) is 9.84 Å². The quantitative estimate of drug-likeness (QED) is 0.878. The summed E-state index contributed by atoms with van der Waals surface area (Å²) < 4.78 is 23.1. The molecule has 2 heterocycles. The Morgan fingerprint density at radius 2 is 1.88 bits per heavy atom. The molecule has 0 aliphatic carbocycles. The number of rotatable bonds is 4. The molecule has 1 amide bonds. The van der Waals surface area contributed by atoms with Crippen LogP contribution in [0.5, 0.6) is 0 Å². The van der Waals surface area contributed by atoms with E-state index in [1.165, 1.54) is 16.3 Å². The zero-order valence-corrected chi connectivity index (χ0v) is 15.1. The third kappa shape index (κ3) is 3.59. The third-order valence-corrected chi connectivity index (χ3v) is 6.53. The summed E-state index contributed by atoms with van der Waals surface area (Å²) in [6, 6.07) is 10.6. The van der Waals surface area contributed by atoms with Gasteiger partial charge in [0.05, 0.1) is 15.7 Å². The van der Waals surface area contributed by atoms with Crippen molar-refractivity contribution in [3.8, 4) is 0 Å². The van der Waals surface area contributed by atoms with Gasteiger partial charge in [0.1, 0.15) is 0 Å². The number of hydrogen-bond donors (Lipinski definition) is 1. The van der Waals surface area contributed by atoms with E-state index < -0.39 is 21.7 Å². The van der Waals surface area contributed by atoms with E-state index >= 15 is 0 Å². The second-order valence-corrected chi connectivity index (χ2v) is 9.02. The molecule has 3 rings (SSSR count). The normalized spacial score (nSPS) is 20.6. The molecule has 1 N–H and O–H groups in total. The van der Waals surface area contributed by atoms with Crippen molar-refractivity contribution in [3.05, 3.63) is 52.2 Å².